The van der Waals surface area contributed by atoms with E-state index in [9.17, 15) is 4.79 Å². The van der Waals surface area contributed by atoms with Gasteiger partial charge in [-0.05, 0) is 38.9 Å². The minimum absolute atomic E-state index is 0.0364. The van der Waals surface area contributed by atoms with Gasteiger partial charge in [0.1, 0.15) is 6.10 Å². The Morgan fingerprint density at radius 1 is 1.04 bits per heavy atom. The van der Waals surface area contributed by atoms with Crippen molar-refractivity contribution in [3.05, 3.63) is 0 Å². The summed E-state index contributed by atoms with van der Waals surface area (Å²) in [5.41, 5.74) is 0. The lowest BCUT2D eigenvalue weighted by Gasteiger charge is -2.39. The highest BCUT2D eigenvalue weighted by molar-refractivity contribution is 6.74. The smallest absolute Gasteiger partial charge is 0.312 e. The molecule has 2 heterocycles. The predicted octanol–water partition coefficient (Wildman–Crippen LogP) is 3.10. The van der Waals surface area contributed by atoms with Crippen molar-refractivity contribution in [3.8, 4) is 0 Å². The van der Waals surface area contributed by atoms with E-state index in [0.717, 1.165) is 0 Å². The average molecular weight is 399 g/mol. The van der Waals surface area contributed by atoms with Crippen LogP contribution in [0.2, 0.25) is 18.1 Å². The van der Waals surface area contributed by atoms with Crippen LogP contribution in [-0.2, 0) is 28.2 Å². The maximum atomic E-state index is 12.8. The molecule has 0 radical (unpaired) electrons. The maximum absolute atomic E-state index is 12.8. The Morgan fingerprint density at radius 2 is 1.67 bits per heavy atom. The first-order chi connectivity index (χ1) is 12.4. The second-order valence-corrected chi connectivity index (χ2v) is 15.2. The quantitative estimate of drug-likeness (QED) is 0.536. The van der Waals surface area contributed by atoms with E-state index in [1.807, 2.05) is 20.8 Å². The average Bonchev–Trinajstić information content (AvgIpc) is 3.16. The zero-order valence-corrected chi connectivity index (χ0v) is 18.8. The largest absolute Gasteiger partial charge is 0.466 e. The lowest BCUT2D eigenvalue weighted by atomic mass is 9.88. The predicted molar refractivity (Wildman–Crippen MR) is 102 cm³/mol. The summed E-state index contributed by atoms with van der Waals surface area (Å²) in [5, 5.41) is 0.0956. The van der Waals surface area contributed by atoms with Gasteiger partial charge in [-0.15, -0.1) is 0 Å². The fourth-order valence-corrected chi connectivity index (χ4v) is 6.55. The third-order valence-electron chi connectivity index (χ3n) is 7.27. The van der Waals surface area contributed by atoms with Gasteiger partial charge in [-0.2, -0.15) is 0 Å². The molecule has 2 aliphatic heterocycles. The molecule has 4 rings (SSSR count). The van der Waals surface area contributed by atoms with Gasteiger partial charge in [0.25, 0.3) is 0 Å². The number of carbonyl (C=O) groups excluding carboxylic acids is 1. The lowest BCUT2D eigenvalue weighted by molar-refractivity contribution is -0.194. The third kappa shape index (κ3) is 2.84. The SMILES string of the molecule is CCOC(=O)C1[C@@H]2O[C@@H]3[C@H]4OC(C)(C)O[C@H]4[C@H]1[C@@H]3C2O[Si](C)(C)C(C)(C)C. The van der Waals surface area contributed by atoms with E-state index in [2.05, 4.69) is 33.9 Å². The zero-order valence-electron chi connectivity index (χ0n) is 17.8. The van der Waals surface area contributed by atoms with Crippen LogP contribution in [0.25, 0.3) is 0 Å². The number of carbonyl (C=O) groups is 1. The highest BCUT2D eigenvalue weighted by atomic mass is 28.4. The third-order valence-corrected chi connectivity index (χ3v) is 11.7. The van der Waals surface area contributed by atoms with Crippen LogP contribution in [-0.4, -0.2) is 57.2 Å². The molecule has 0 aromatic heterocycles. The normalized spacial score (nSPS) is 44.6. The van der Waals surface area contributed by atoms with Crippen LogP contribution in [0.15, 0.2) is 0 Å². The molecule has 0 aromatic rings. The summed E-state index contributed by atoms with van der Waals surface area (Å²) in [7, 11) is -2.01. The van der Waals surface area contributed by atoms with E-state index >= 15 is 0 Å². The van der Waals surface area contributed by atoms with Crippen LogP contribution < -0.4 is 0 Å². The van der Waals surface area contributed by atoms with E-state index < -0.39 is 14.1 Å². The van der Waals surface area contributed by atoms with Crippen molar-refractivity contribution >= 4 is 14.3 Å². The summed E-state index contributed by atoms with van der Waals surface area (Å²) >= 11 is 0. The van der Waals surface area contributed by atoms with Crippen molar-refractivity contribution < 1.29 is 28.2 Å². The molecule has 2 aliphatic carbocycles. The molecule has 2 unspecified atom stereocenters. The van der Waals surface area contributed by atoms with E-state index in [-0.39, 0.29) is 59.3 Å². The van der Waals surface area contributed by atoms with Crippen LogP contribution in [0.4, 0.5) is 0 Å². The van der Waals surface area contributed by atoms with Gasteiger partial charge in [0.2, 0.25) is 0 Å². The van der Waals surface area contributed by atoms with Crippen molar-refractivity contribution in [3.63, 3.8) is 0 Å². The number of ether oxygens (including phenoxy) is 4. The summed E-state index contributed by atoms with van der Waals surface area (Å²) in [6.45, 7) is 17.3. The molecule has 7 heteroatoms. The first kappa shape index (κ1) is 19.8. The molecule has 154 valence electrons. The Morgan fingerprint density at radius 3 is 2.26 bits per heavy atom. The molecule has 8 atom stereocenters. The molecule has 6 nitrogen and oxygen atoms in total. The van der Waals surface area contributed by atoms with Crippen molar-refractivity contribution in [1.82, 2.24) is 0 Å². The molecule has 2 saturated heterocycles. The van der Waals surface area contributed by atoms with Crippen molar-refractivity contribution in [2.75, 3.05) is 6.61 Å². The summed E-state index contributed by atoms with van der Waals surface area (Å²) in [6, 6.07) is 0. The van der Waals surface area contributed by atoms with Crippen molar-refractivity contribution in [2.24, 2.45) is 17.8 Å². The number of rotatable bonds is 4. The Hall–Kier alpha value is -0.473. The molecule has 4 aliphatic rings. The van der Waals surface area contributed by atoms with Gasteiger partial charge >= 0.3 is 5.97 Å². The maximum Gasteiger partial charge on any atom is 0.312 e. The van der Waals surface area contributed by atoms with E-state index in [1.54, 1.807) is 0 Å². The van der Waals surface area contributed by atoms with Gasteiger partial charge in [-0.1, -0.05) is 20.8 Å². The summed E-state index contributed by atoms with van der Waals surface area (Å²) < 4.78 is 31.0. The highest BCUT2D eigenvalue weighted by Gasteiger charge is 2.76. The van der Waals surface area contributed by atoms with Gasteiger partial charge in [-0.3, -0.25) is 4.79 Å². The first-order valence-corrected chi connectivity index (χ1v) is 13.1. The van der Waals surface area contributed by atoms with Gasteiger partial charge in [-0.25, -0.2) is 0 Å². The topological polar surface area (TPSA) is 63.2 Å². The number of hydrogen-bond donors (Lipinski definition) is 0. The Bertz CT molecular complexity index is 626. The molecule has 2 saturated carbocycles. The minimum atomic E-state index is -2.01. The van der Waals surface area contributed by atoms with Gasteiger partial charge in [0.05, 0.1) is 36.9 Å². The molecule has 0 spiro atoms. The van der Waals surface area contributed by atoms with Gasteiger partial charge in [0, 0.05) is 11.8 Å². The molecule has 0 N–H and O–H groups in total. The van der Waals surface area contributed by atoms with Crippen LogP contribution >= 0.6 is 0 Å². The molecule has 0 amide bonds. The van der Waals surface area contributed by atoms with Crippen molar-refractivity contribution in [1.29, 1.82) is 0 Å². The highest BCUT2D eigenvalue weighted by Crippen LogP contribution is 2.62. The van der Waals surface area contributed by atoms with Crippen molar-refractivity contribution in [2.45, 2.75) is 96.0 Å². The standard InChI is InChI=1S/C20H34O6Si/c1-9-22-18(21)12-10-11-13(17-15(10)24-20(5,6)25-17)23-14(12)16(11)26-27(7,8)19(2,3)4/h10-17H,9H2,1-8H3/t10-,11-,12?,13-,14-,15-,16?,17+/m0/s1. The zero-order chi connectivity index (χ0) is 19.9. The second kappa shape index (κ2) is 6.02. The monoisotopic (exact) mass is 398 g/mol. The summed E-state index contributed by atoms with van der Waals surface area (Å²) in [6.07, 6.45) is -0.685. The fraction of sp³-hybridized carbons (Fsp3) is 0.950. The number of hydrogen-bond acceptors (Lipinski definition) is 6. The van der Waals surface area contributed by atoms with Gasteiger partial charge < -0.3 is 23.4 Å². The van der Waals surface area contributed by atoms with E-state index in [0.29, 0.717) is 6.61 Å². The van der Waals surface area contributed by atoms with Gasteiger partial charge in [0.15, 0.2) is 14.1 Å². The van der Waals surface area contributed by atoms with Crippen LogP contribution in [0.5, 0.6) is 0 Å². The second-order valence-electron chi connectivity index (χ2n) is 10.4. The Kier molecular flexibility index (Phi) is 4.42. The number of esters is 1. The Labute approximate surface area is 163 Å². The molecule has 4 fully saturated rings. The lowest BCUT2D eigenvalue weighted by Crippen LogP contribution is -2.47. The molecule has 27 heavy (non-hydrogen) atoms. The molecule has 0 aromatic carbocycles. The number of fused-ring (bicyclic) bond motifs is 4. The summed E-state index contributed by atoms with van der Waals surface area (Å²) in [4.78, 5) is 12.8. The summed E-state index contributed by atoms with van der Waals surface area (Å²) in [5.74, 6) is -1.01. The molecular formula is C20H34O6Si. The Balaban J connectivity index is 1.66. The van der Waals surface area contributed by atoms with E-state index in [1.165, 1.54) is 0 Å². The van der Waals surface area contributed by atoms with Crippen LogP contribution in [0.1, 0.15) is 41.5 Å². The van der Waals surface area contributed by atoms with Crippen LogP contribution in [0, 0.1) is 17.8 Å². The minimum Gasteiger partial charge on any atom is -0.466 e. The van der Waals surface area contributed by atoms with E-state index in [4.69, 9.17) is 23.4 Å². The first-order valence-electron chi connectivity index (χ1n) is 10.2. The molecule has 2 bridgehead atoms. The molecular weight excluding hydrogens is 364 g/mol. The fourth-order valence-electron chi connectivity index (χ4n) is 5.22. The van der Waals surface area contributed by atoms with Crippen LogP contribution in [0.3, 0.4) is 0 Å².